The molecule has 0 saturated carbocycles. The number of carbonyl (C=O) groups is 3. The van der Waals surface area contributed by atoms with Gasteiger partial charge in [-0.15, -0.1) is 0 Å². The molecule has 33 heavy (non-hydrogen) atoms. The number of likely N-dealkylation sites (N-methyl/N-ethyl adjacent to an activating group) is 2. The molecule has 0 aromatic rings. The van der Waals surface area contributed by atoms with Crippen LogP contribution < -0.4 is 21.7 Å². The summed E-state index contributed by atoms with van der Waals surface area (Å²) in [4.78, 5) is 43.3. The number of carbonyl (C=O) groups excluding carboxylic acids is 3. The number of nitrogens with zero attached hydrogens (tertiary/aromatic N) is 3. The molecule has 186 valence electrons. The molecular formula is C18H31N7O8. The van der Waals surface area contributed by atoms with Gasteiger partial charge in [0.25, 0.3) is 0 Å². The van der Waals surface area contributed by atoms with Crippen LogP contribution in [0.2, 0.25) is 0 Å². The molecule has 3 amide bonds. The third-order valence-corrected chi connectivity index (χ3v) is 5.77. The number of fused-ring (bicyclic) bond motifs is 1. The van der Waals surface area contributed by atoms with Crippen molar-refractivity contribution in [2.75, 3.05) is 40.8 Å². The lowest BCUT2D eigenvalue weighted by Crippen LogP contribution is -2.70. The van der Waals surface area contributed by atoms with Gasteiger partial charge >= 0.3 is 6.09 Å². The van der Waals surface area contributed by atoms with Crippen molar-refractivity contribution in [2.45, 2.75) is 48.8 Å². The minimum absolute atomic E-state index is 0.0208. The van der Waals surface area contributed by atoms with Gasteiger partial charge in [0.05, 0.1) is 25.3 Å². The highest BCUT2D eigenvalue weighted by Crippen LogP contribution is 2.26. The van der Waals surface area contributed by atoms with Gasteiger partial charge in [-0.2, -0.15) is 0 Å². The van der Waals surface area contributed by atoms with E-state index >= 15 is 0 Å². The number of piperidine rings is 1. The summed E-state index contributed by atoms with van der Waals surface area (Å²) in [6.45, 7) is -0.536. The van der Waals surface area contributed by atoms with Gasteiger partial charge in [0.15, 0.2) is 24.3 Å². The van der Waals surface area contributed by atoms with Gasteiger partial charge in [0.2, 0.25) is 11.8 Å². The Morgan fingerprint density at radius 3 is 2.61 bits per heavy atom. The molecule has 3 aliphatic heterocycles. The van der Waals surface area contributed by atoms with E-state index in [2.05, 4.69) is 20.9 Å². The predicted molar refractivity (Wildman–Crippen MR) is 112 cm³/mol. The molecule has 0 aliphatic carbocycles. The van der Waals surface area contributed by atoms with Gasteiger partial charge in [-0.25, -0.2) is 9.79 Å². The monoisotopic (exact) mass is 473 g/mol. The van der Waals surface area contributed by atoms with Crippen molar-refractivity contribution in [3.8, 4) is 0 Å². The highest BCUT2D eigenvalue weighted by atomic mass is 16.6. The van der Waals surface area contributed by atoms with Crippen LogP contribution in [0.25, 0.3) is 0 Å². The normalized spacial score (nSPS) is 35.7. The topological polar surface area (TPSA) is 211 Å². The fourth-order valence-corrected chi connectivity index (χ4v) is 4.14. The number of ether oxygens (including phenoxy) is 2. The smallest absolute Gasteiger partial charge is 0.404 e. The molecule has 15 nitrogen and oxygen atoms in total. The fraction of sp³-hybridized carbons (Fsp3) is 0.778. The summed E-state index contributed by atoms with van der Waals surface area (Å²) in [6, 6.07) is -2.65. The summed E-state index contributed by atoms with van der Waals surface area (Å²) in [5.74, 6) is -0.635. The Kier molecular flexibility index (Phi) is 7.58. The molecule has 0 spiro atoms. The molecule has 3 heterocycles. The zero-order valence-electron chi connectivity index (χ0n) is 18.5. The molecule has 0 aromatic carbocycles. The summed E-state index contributed by atoms with van der Waals surface area (Å²) >= 11 is 0. The Hall–Kier alpha value is -2.72. The van der Waals surface area contributed by atoms with Gasteiger partial charge in [0, 0.05) is 13.6 Å². The summed E-state index contributed by atoms with van der Waals surface area (Å²) in [5.41, 5.74) is 5.11. The van der Waals surface area contributed by atoms with E-state index in [1.54, 1.807) is 19.0 Å². The summed E-state index contributed by atoms with van der Waals surface area (Å²) in [5, 5.41) is 39.3. The van der Waals surface area contributed by atoms with E-state index in [0.717, 1.165) is 0 Å². The predicted octanol–water partition coefficient (Wildman–Crippen LogP) is -5.31. The minimum Gasteiger partial charge on any atom is -0.441 e. The average Bonchev–Trinajstić information content (AvgIpc) is 3.16. The maximum Gasteiger partial charge on any atom is 0.404 e. The van der Waals surface area contributed by atoms with E-state index in [1.165, 1.54) is 11.9 Å². The summed E-state index contributed by atoms with van der Waals surface area (Å²) < 4.78 is 10.8. The zero-order chi connectivity index (χ0) is 24.4. The summed E-state index contributed by atoms with van der Waals surface area (Å²) in [6.07, 6.45) is -7.20. The number of nitrogens with one attached hydrogen (secondary N) is 3. The second kappa shape index (κ2) is 10.0. The van der Waals surface area contributed by atoms with E-state index in [0.29, 0.717) is 0 Å². The molecule has 0 radical (unpaired) electrons. The SMILES string of the molecule is CN(C)CC(=O)N(C)C1C(NC2=N[C@H]3C(=O)NC[C@H](O)[C@@H]3N2)OC(CO)C(OC(N)=O)C1O. The maximum absolute atomic E-state index is 12.7. The lowest BCUT2D eigenvalue weighted by Gasteiger charge is -2.47. The molecule has 3 aliphatic rings. The first-order valence-electron chi connectivity index (χ1n) is 10.4. The van der Waals surface area contributed by atoms with E-state index in [-0.39, 0.29) is 30.9 Å². The van der Waals surface area contributed by atoms with Gasteiger partial charge in [-0.3, -0.25) is 9.59 Å². The standard InChI is InChI=1S/C18H31N7O8/c1-24(2)5-9(28)25(3)12-13(29)14(33-17(19)31)8(6-26)32-16(12)23-18-21-10-7(27)4-20-15(30)11(10)22-18/h7-8,10-14,16,26-27,29H,4-6H2,1-3H3,(H2,19,31)(H,20,30)(H2,21,22,23)/t7-,8?,10-,11+,12?,13?,14?,16?/m0/s1. The maximum atomic E-state index is 12.7. The Balaban J connectivity index is 1.86. The number of rotatable bonds is 6. The molecule has 15 heteroatoms. The number of primary amides is 1. The van der Waals surface area contributed by atoms with Crippen molar-refractivity contribution in [3.05, 3.63) is 0 Å². The lowest BCUT2D eigenvalue weighted by molar-refractivity contribution is -0.215. The van der Waals surface area contributed by atoms with Gasteiger partial charge < -0.3 is 56.3 Å². The van der Waals surface area contributed by atoms with Crippen molar-refractivity contribution in [3.63, 3.8) is 0 Å². The largest absolute Gasteiger partial charge is 0.441 e. The zero-order valence-corrected chi connectivity index (χ0v) is 18.5. The Morgan fingerprint density at radius 2 is 2.03 bits per heavy atom. The third kappa shape index (κ3) is 5.27. The van der Waals surface area contributed by atoms with Gasteiger partial charge in [-0.05, 0) is 14.1 Å². The number of aliphatic hydroxyl groups excluding tert-OH is 3. The van der Waals surface area contributed by atoms with Crippen LogP contribution in [0.15, 0.2) is 4.99 Å². The van der Waals surface area contributed by atoms with Crippen LogP contribution in [0.1, 0.15) is 0 Å². The molecule has 0 bridgehead atoms. The average molecular weight is 473 g/mol. The number of nitrogens with two attached hydrogens (primary N) is 1. The number of guanidine groups is 1. The molecule has 8 N–H and O–H groups in total. The van der Waals surface area contributed by atoms with Crippen molar-refractivity contribution >= 4 is 23.9 Å². The quantitative estimate of drug-likeness (QED) is 0.194. The molecule has 2 fully saturated rings. The molecule has 0 aromatic heterocycles. The van der Waals surface area contributed by atoms with Crippen LogP contribution >= 0.6 is 0 Å². The summed E-state index contributed by atoms with van der Waals surface area (Å²) in [7, 11) is 4.84. The number of hydrogen-bond acceptors (Lipinski definition) is 12. The highest BCUT2D eigenvalue weighted by molar-refractivity contribution is 5.92. The number of aliphatic imine (C=N–C) groups is 1. The minimum atomic E-state index is -1.49. The van der Waals surface area contributed by atoms with Crippen LogP contribution in [0.4, 0.5) is 4.79 Å². The van der Waals surface area contributed by atoms with E-state index in [9.17, 15) is 29.7 Å². The number of β-amino-alcohol motifs (C(OH)–C–C–N with tert-alkyl or cyclic N) is 1. The number of hydrogen-bond donors (Lipinski definition) is 7. The Morgan fingerprint density at radius 1 is 1.33 bits per heavy atom. The van der Waals surface area contributed by atoms with Crippen molar-refractivity contribution in [2.24, 2.45) is 10.7 Å². The lowest BCUT2D eigenvalue weighted by atomic mass is 9.94. The molecule has 8 atom stereocenters. The van der Waals surface area contributed by atoms with Gasteiger partial charge in [0.1, 0.15) is 18.2 Å². The van der Waals surface area contributed by atoms with Crippen LogP contribution in [-0.2, 0) is 19.1 Å². The molecular weight excluding hydrogens is 442 g/mol. The first kappa shape index (κ1) is 24.9. The molecule has 2 saturated heterocycles. The van der Waals surface area contributed by atoms with E-state index in [1.807, 2.05) is 0 Å². The Bertz CT molecular complexity index is 796. The number of amides is 3. The van der Waals surface area contributed by atoms with Crippen LogP contribution in [0.5, 0.6) is 0 Å². The fourth-order valence-electron chi connectivity index (χ4n) is 4.14. The van der Waals surface area contributed by atoms with Crippen molar-refractivity contribution in [1.29, 1.82) is 0 Å². The second-order valence-corrected chi connectivity index (χ2v) is 8.45. The van der Waals surface area contributed by atoms with Crippen LogP contribution in [0.3, 0.4) is 0 Å². The first-order valence-corrected chi connectivity index (χ1v) is 10.4. The molecule has 5 unspecified atom stereocenters. The highest BCUT2D eigenvalue weighted by Gasteiger charge is 2.51. The van der Waals surface area contributed by atoms with Crippen LogP contribution in [0, 0.1) is 0 Å². The van der Waals surface area contributed by atoms with Gasteiger partial charge in [-0.1, -0.05) is 0 Å². The Labute approximate surface area is 189 Å². The first-order chi connectivity index (χ1) is 15.5. The third-order valence-electron chi connectivity index (χ3n) is 5.77. The number of aliphatic hydroxyl groups is 3. The second-order valence-electron chi connectivity index (χ2n) is 8.45. The van der Waals surface area contributed by atoms with E-state index in [4.69, 9.17) is 15.2 Å². The van der Waals surface area contributed by atoms with Crippen molar-refractivity contribution < 1.29 is 39.2 Å². The molecule has 3 rings (SSSR count). The van der Waals surface area contributed by atoms with Crippen LogP contribution in [-0.4, -0.2) is 139 Å². The van der Waals surface area contributed by atoms with Crippen molar-refractivity contribution in [1.82, 2.24) is 25.8 Å². The van der Waals surface area contributed by atoms with E-state index < -0.39 is 61.5 Å².